The van der Waals surface area contributed by atoms with Gasteiger partial charge in [-0.2, -0.15) is 0 Å². The van der Waals surface area contributed by atoms with Crippen LogP contribution in [0.2, 0.25) is 0 Å². The third kappa shape index (κ3) is 3.19. The number of pyridine rings is 1. The van der Waals surface area contributed by atoms with Crippen molar-refractivity contribution in [3.8, 4) is 0 Å². The molecule has 0 bridgehead atoms. The van der Waals surface area contributed by atoms with Crippen LogP contribution in [0.3, 0.4) is 0 Å². The second-order valence-electron chi connectivity index (χ2n) is 7.07. The molecule has 0 unspecified atom stereocenters. The van der Waals surface area contributed by atoms with Gasteiger partial charge in [-0.1, -0.05) is 19.1 Å². The normalized spacial score (nSPS) is 19.8. The molecule has 0 spiro atoms. The van der Waals surface area contributed by atoms with Crippen LogP contribution in [-0.4, -0.2) is 43.7 Å². The number of hydrogen-bond acceptors (Lipinski definition) is 6. The van der Waals surface area contributed by atoms with Gasteiger partial charge >= 0.3 is 0 Å². The highest BCUT2D eigenvalue weighted by Gasteiger charge is 2.39. The molecule has 140 valence electrons. The van der Waals surface area contributed by atoms with Crippen LogP contribution in [0.1, 0.15) is 52.8 Å². The molecule has 27 heavy (non-hydrogen) atoms. The van der Waals surface area contributed by atoms with Crippen LogP contribution in [0.25, 0.3) is 10.9 Å². The van der Waals surface area contributed by atoms with Crippen LogP contribution < -0.4 is 0 Å². The molecular weight excluding hydrogens is 344 g/mol. The largest absolute Gasteiger partial charge is 0.423 e. The van der Waals surface area contributed by atoms with Crippen molar-refractivity contribution in [2.75, 3.05) is 6.54 Å². The summed E-state index contributed by atoms with van der Waals surface area (Å²) in [5, 5.41) is 19.1. The quantitative estimate of drug-likeness (QED) is 0.766. The Bertz CT molecular complexity index is 1010. The van der Waals surface area contributed by atoms with Crippen LogP contribution in [0.5, 0.6) is 0 Å². The van der Waals surface area contributed by atoms with Crippen molar-refractivity contribution in [1.29, 1.82) is 0 Å². The van der Waals surface area contributed by atoms with Gasteiger partial charge in [0.25, 0.3) is 5.91 Å². The number of rotatable bonds is 3. The van der Waals surface area contributed by atoms with Gasteiger partial charge in [0, 0.05) is 24.8 Å². The van der Waals surface area contributed by atoms with Crippen LogP contribution in [0.15, 0.2) is 28.7 Å². The first-order valence-corrected chi connectivity index (χ1v) is 9.15. The Morgan fingerprint density at radius 2 is 2.11 bits per heavy atom. The summed E-state index contributed by atoms with van der Waals surface area (Å²) < 4.78 is 5.65. The summed E-state index contributed by atoms with van der Waals surface area (Å²) in [6, 6.07) is 7.42. The Hall–Kier alpha value is -2.80. The SMILES string of the molecule is CCc1nnc([C@H]2C[C@@H](O)CN2C(=O)c2cc3ccc(C)cc3nc2C)o1. The van der Waals surface area contributed by atoms with Crippen molar-refractivity contribution < 1.29 is 14.3 Å². The Morgan fingerprint density at radius 3 is 2.85 bits per heavy atom. The fourth-order valence-corrected chi connectivity index (χ4v) is 3.56. The molecule has 1 fully saturated rings. The summed E-state index contributed by atoms with van der Waals surface area (Å²) in [7, 11) is 0. The first kappa shape index (κ1) is 17.6. The molecule has 0 radical (unpaired) electrons. The van der Waals surface area contributed by atoms with Crippen molar-refractivity contribution in [2.24, 2.45) is 0 Å². The molecule has 1 aromatic carbocycles. The van der Waals surface area contributed by atoms with Crippen molar-refractivity contribution in [1.82, 2.24) is 20.1 Å². The summed E-state index contributed by atoms with van der Waals surface area (Å²) in [5.74, 6) is 0.719. The number of aromatic nitrogens is 3. The predicted molar refractivity (Wildman–Crippen MR) is 99.3 cm³/mol. The molecule has 0 aliphatic carbocycles. The number of hydrogen-bond donors (Lipinski definition) is 1. The highest BCUT2D eigenvalue weighted by molar-refractivity contribution is 5.99. The number of aliphatic hydroxyl groups excluding tert-OH is 1. The van der Waals surface area contributed by atoms with Gasteiger partial charge in [-0.05, 0) is 31.5 Å². The lowest BCUT2D eigenvalue weighted by Crippen LogP contribution is -2.32. The average Bonchev–Trinajstić information content (AvgIpc) is 3.26. The van der Waals surface area contributed by atoms with E-state index in [-0.39, 0.29) is 12.5 Å². The fourth-order valence-electron chi connectivity index (χ4n) is 3.56. The van der Waals surface area contributed by atoms with Gasteiger partial charge in [0.05, 0.1) is 22.9 Å². The molecule has 4 rings (SSSR count). The molecule has 1 saturated heterocycles. The number of nitrogens with zero attached hydrogens (tertiary/aromatic N) is 4. The Morgan fingerprint density at radius 1 is 1.30 bits per heavy atom. The summed E-state index contributed by atoms with van der Waals surface area (Å²) >= 11 is 0. The summed E-state index contributed by atoms with van der Waals surface area (Å²) in [4.78, 5) is 19.5. The van der Waals surface area contributed by atoms with E-state index in [1.54, 1.807) is 4.90 Å². The maximum absolute atomic E-state index is 13.3. The first-order valence-electron chi connectivity index (χ1n) is 9.15. The molecular formula is C20H22N4O3. The molecule has 3 heterocycles. The number of likely N-dealkylation sites (tertiary alicyclic amines) is 1. The van der Waals surface area contributed by atoms with Gasteiger partial charge in [-0.3, -0.25) is 9.78 Å². The molecule has 1 amide bonds. The topological polar surface area (TPSA) is 92.4 Å². The van der Waals surface area contributed by atoms with Gasteiger partial charge in [-0.15, -0.1) is 10.2 Å². The molecule has 3 aromatic rings. The first-order chi connectivity index (χ1) is 13.0. The predicted octanol–water partition coefficient (Wildman–Crippen LogP) is 2.75. The number of β-amino-alcohol motifs (C(OH)–C–C–N with tert-alkyl or cyclic N) is 1. The van der Waals surface area contributed by atoms with Crippen LogP contribution in [0.4, 0.5) is 0 Å². The third-order valence-corrected chi connectivity index (χ3v) is 5.00. The van der Waals surface area contributed by atoms with E-state index in [4.69, 9.17) is 4.42 Å². The maximum atomic E-state index is 13.3. The number of aryl methyl sites for hydroxylation is 3. The van der Waals surface area contributed by atoms with Gasteiger partial charge < -0.3 is 14.4 Å². The minimum atomic E-state index is -0.618. The Balaban J connectivity index is 1.71. The van der Waals surface area contributed by atoms with E-state index in [1.165, 1.54) is 0 Å². The number of aliphatic hydroxyl groups is 1. The number of amides is 1. The van der Waals surface area contributed by atoms with Crippen molar-refractivity contribution in [3.05, 3.63) is 52.9 Å². The third-order valence-electron chi connectivity index (χ3n) is 5.00. The zero-order valence-electron chi connectivity index (χ0n) is 15.6. The number of fused-ring (bicyclic) bond motifs is 1. The molecule has 2 aromatic heterocycles. The van der Waals surface area contributed by atoms with Crippen LogP contribution >= 0.6 is 0 Å². The smallest absolute Gasteiger partial charge is 0.256 e. The molecule has 1 aliphatic heterocycles. The van der Waals surface area contributed by atoms with Gasteiger partial charge in [0.1, 0.15) is 6.04 Å². The maximum Gasteiger partial charge on any atom is 0.256 e. The zero-order chi connectivity index (χ0) is 19.1. The molecule has 2 atom stereocenters. The number of carbonyl (C=O) groups excluding carboxylic acids is 1. The van der Waals surface area contributed by atoms with Gasteiger partial charge in [-0.25, -0.2) is 0 Å². The molecule has 7 heteroatoms. The monoisotopic (exact) mass is 366 g/mol. The lowest BCUT2D eigenvalue weighted by atomic mass is 10.1. The Labute approximate surface area is 157 Å². The van der Waals surface area contributed by atoms with Crippen molar-refractivity contribution in [3.63, 3.8) is 0 Å². The minimum Gasteiger partial charge on any atom is -0.423 e. The lowest BCUT2D eigenvalue weighted by Gasteiger charge is -2.22. The highest BCUT2D eigenvalue weighted by Crippen LogP contribution is 2.33. The number of carbonyl (C=O) groups is 1. The van der Waals surface area contributed by atoms with E-state index in [2.05, 4.69) is 15.2 Å². The molecule has 1 aliphatic rings. The van der Waals surface area contributed by atoms with Gasteiger partial charge in [0.15, 0.2) is 0 Å². The van der Waals surface area contributed by atoms with Crippen molar-refractivity contribution in [2.45, 2.75) is 45.8 Å². The fraction of sp³-hybridized carbons (Fsp3) is 0.400. The second kappa shape index (κ2) is 6.74. The highest BCUT2D eigenvalue weighted by atomic mass is 16.4. The van der Waals surface area contributed by atoms with E-state index in [0.717, 1.165) is 16.5 Å². The summed E-state index contributed by atoms with van der Waals surface area (Å²) in [6.45, 7) is 6.01. The van der Waals surface area contributed by atoms with Crippen LogP contribution in [0, 0.1) is 13.8 Å². The standard InChI is InChI=1S/C20H22N4O3/c1-4-18-22-23-19(27-18)17-9-14(25)10-24(17)20(26)15-8-13-6-5-11(2)7-16(13)21-12(15)3/h5-8,14,17,25H,4,9-10H2,1-3H3/t14-,17-/m1/s1. The second-order valence-corrected chi connectivity index (χ2v) is 7.07. The van der Waals surface area contributed by atoms with Gasteiger partial charge in [0.2, 0.25) is 11.8 Å². The van der Waals surface area contributed by atoms with E-state index in [9.17, 15) is 9.90 Å². The van der Waals surface area contributed by atoms with E-state index in [0.29, 0.717) is 35.9 Å². The number of benzene rings is 1. The molecule has 1 N–H and O–H groups in total. The van der Waals surface area contributed by atoms with Crippen LogP contribution in [-0.2, 0) is 6.42 Å². The van der Waals surface area contributed by atoms with Crippen molar-refractivity contribution >= 4 is 16.8 Å². The van der Waals surface area contributed by atoms with E-state index in [1.807, 2.05) is 45.0 Å². The minimum absolute atomic E-state index is 0.180. The molecule has 7 nitrogen and oxygen atoms in total. The summed E-state index contributed by atoms with van der Waals surface area (Å²) in [5.41, 5.74) is 3.18. The Kier molecular flexibility index (Phi) is 4.39. The zero-order valence-corrected chi connectivity index (χ0v) is 15.6. The van der Waals surface area contributed by atoms with E-state index >= 15 is 0 Å². The lowest BCUT2D eigenvalue weighted by molar-refractivity contribution is 0.0696. The molecule has 0 saturated carbocycles. The van der Waals surface area contributed by atoms with E-state index < -0.39 is 12.1 Å². The summed E-state index contributed by atoms with van der Waals surface area (Å²) in [6.07, 6.45) is 0.395. The average molecular weight is 366 g/mol.